The largest absolute Gasteiger partial charge is 0.484 e. The lowest BCUT2D eigenvalue weighted by atomic mass is 10.1. The van der Waals surface area contributed by atoms with E-state index in [0.717, 1.165) is 12.1 Å². The van der Waals surface area contributed by atoms with Crippen LogP contribution in [0.15, 0.2) is 67.0 Å². The van der Waals surface area contributed by atoms with Gasteiger partial charge in [-0.2, -0.15) is 0 Å². The molecule has 0 aliphatic carbocycles. The van der Waals surface area contributed by atoms with Gasteiger partial charge in [-0.25, -0.2) is 15.0 Å². The van der Waals surface area contributed by atoms with Crippen molar-refractivity contribution >= 4 is 17.7 Å². The minimum atomic E-state index is -0.00718. The average Bonchev–Trinajstić information content (AvgIpc) is 3.24. The van der Waals surface area contributed by atoms with E-state index in [1.54, 1.807) is 12.4 Å². The van der Waals surface area contributed by atoms with Crippen molar-refractivity contribution in [1.29, 1.82) is 0 Å². The number of nitrogens with one attached hydrogen (secondary N) is 1. The van der Waals surface area contributed by atoms with Crippen LogP contribution in [0, 0.1) is 0 Å². The number of carbonyl (C=O) groups excluding carboxylic acids is 1. The standard InChI is InChI=1S/C21H21N5O2/c27-20(15-28-17-6-2-1-3-7-17)26-13-10-16(14-26)18-9-12-23-21(24-18)25-19-8-4-5-11-22-19/h1-9,11-12,16H,10,13-15H2,(H,22,23,24,25)/t16-/m0/s1. The first-order chi connectivity index (χ1) is 13.8. The molecule has 0 saturated carbocycles. The minimum absolute atomic E-state index is 0.00718. The normalized spacial score (nSPS) is 16.0. The number of nitrogens with zero attached hydrogens (tertiary/aromatic N) is 4. The van der Waals surface area contributed by atoms with Gasteiger partial charge >= 0.3 is 0 Å². The summed E-state index contributed by atoms with van der Waals surface area (Å²) in [6.45, 7) is 1.39. The van der Waals surface area contributed by atoms with E-state index in [0.29, 0.717) is 30.6 Å². The Labute approximate surface area is 163 Å². The fraction of sp³-hybridized carbons (Fsp3) is 0.238. The number of likely N-dealkylation sites (tertiary alicyclic amines) is 1. The average molecular weight is 375 g/mol. The van der Waals surface area contributed by atoms with Crippen molar-refractivity contribution in [3.63, 3.8) is 0 Å². The van der Waals surface area contributed by atoms with Crippen LogP contribution in [-0.4, -0.2) is 45.5 Å². The molecule has 0 radical (unpaired) electrons. The van der Waals surface area contributed by atoms with Gasteiger partial charge in [0, 0.05) is 31.4 Å². The Balaban J connectivity index is 1.34. The number of benzene rings is 1. The molecule has 7 heteroatoms. The van der Waals surface area contributed by atoms with E-state index in [9.17, 15) is 4.79 Å². The third-order valence-corrected chi connectivity index (χ3v) is 4.65. The Kier molecular flexibility index (Phi) is 5.42. The fourth-order valence-corrected chi connectivity index (χ4v) is 3.19. The molecular weight excluding hydrogens is 354 g/mol. The van der Waals surface area contributed by atoms with E-state index in [4.69, 9.17) is 4.74 Å². The molecule has 142 valence electrons. The van der Waals surface area contributed by atoms with Crippen LogP contribution in [0.2, 0.25) is 0 Å². The van der Waals surface area contributed by atoms with Crippen molar-refractivity contribution in [2.45, 2.75) is 12.3 Å². The first-order valence-corrected chi connectivity index (χ1v) is 9.24. The maximum atomic E-state index is 12.5. The lowest BCUT2D eigenvalue weighted by molar-refractivity contribution is -0.132. The van der Waals surface area contributed by atoms with Crippen molar-refractivity contribution in [3.05, 3.63) is 72.7 Å². The molecule has 1 atom stereocenters. The summed E-state index contributed by atoms with van der Waals surface area (Å²) in [4.78, 5) is 27.4. The molecule has 2 aromatic heterocycles. The summed E-state index contributed by atoms with van der Waals surface area (Å²) in [6, 6.07) is 16.9. The highest BCUT2D eigenvalue weighted by atomic mass is 16.5. The first kappa shape index (κ1) is 17.9. The van der Waals surface area contributed by atoms with Gasteiger partial charge in [-0.1, -0.05) is 24.3 Å². The van der Waals surface area contributed by atoms with Gasteiger partial charge in [0.15, 0.2) is 6.61 Å². The zero-order valence-corrected chi connectivity index (χ0v) is 15.4. The van der Waals surface area contributed by atoms with E-state index in [2.05, 4.69) is 20.3 Å². The minimum Gasteiger partial charge on any atom is -0.484 e. The Morgan fingerprint density at radius 1 is 1.07 bits per heavy atom. The second kappa shape index (κ2) is 8.47. The van der Waals surface area contributed by atoms with Crippen molar-refractivity contribution in [1.82, 2.24) is 19.9 Å². The molecular formula is C21H21N5O2. The maximum absolute atomic E-state index is 12.5. The van der Waals surface area contributed by atoms with Crippen molar-refractivity contribution in [2.75, 3.05) is 25.0 Å². The highest BCUT2D eigenvalue weighted by Gasteiger charge is 2.28. The Bertz CT molecular complexity index is 920. The molecule has 3 heterocycles. The molecule has 1 aliphatic heterocycles. The van der Waals surface area contributed by atoms with Crippen LogP contribution in [0.3, 0.4) is 0 Å². The number of pyridine rings is 1. The molecule has 0 unspecified atom stereocenters. The number of carbonyl (C=O) groups is 1. The Morgan fingerprint density at radius 3 is 2.75 bits per heavy atom. The number of anilines is 2. The quantitative estimate of drug-likeness (QED) is 0.713. The summed E-state index contributed by atoms with van der Waals surface area (Å²) in [6.07, 6.45) is 4.32. The van der Waals surface area contributed by atoms with E-state index in [-0.39, 0.29) is 18.4 Å². The molecule has 1 amide bonds. The molecule has 28 heavy (non-hydrogen) atoms. The molecule has 1 aliphatic rings. The summed E-state index contributed by atoms with van der Waals surface area (Å²) >= 11 is 0. The zero-order valence-electron chi connectivity index (χ0n) is 15.4. The number of hydrogen-bond acceptors (Lipinski definition) is 6. The number of amides is 1. The number of ether oxygens (including phenoxy) is 1. The highest BCUT2D eigenvalue weighted by Crippen LogP contribution is 2.26. The molecule has 0 spiro atoms. The number of aromatic nitrogens is 3. The van der Waals surface area contributed by atoms with Gasteiger partial charge in [0.05, 0.1) is 5.69 Å². The zero-order chi connectivity index (χ0) is 19.2. The molecule has 1 N–H and O–H groups in total. The summed E-state index contributed by atoms with van der Waals surface area (Å²) < 4.78 is 5.57. The second-order valence-corrected chi connectivity index (χ2v) is 6.57. The number of para-hydroxylation sites is 1. The van der Waals surface area contributed by atoms with Gasteiger partial charge in [-0.15, -0.1) is 0 Å². The SMILES string of the molecule is O=C(COc1ccccc1)N1CC[C@H](c2ccnc(Nc3ccccn3)n2)C1. The van der Waals surface area contributed by atoms with Gasteiger partial charge in [0.1, 0.15) is 11.6 Å². The monoisotopic (exact) mass is 375 g/mol. The lowest BCUT2D eigenvalue weighted by Crippen LogP contribution is -2.32. The van der Waals surface area contributed by atoms with E-state index >= 15 is 0 Å². The molecule has 3 aromatic rings. The fourth-order valence-electron chi connectivity index (χ4n) is 3.19. The molecule has 7 nitrogen and oxygen atoms in total. The van der Waals surface area contributed by atoms with E-state index in [1.165, 1.54) is 0 Å². The third-order valence-electron chi connectivity index (χ3n) is 4.65. The van der Waals surface area contributed by atoms with Crippen LogP contribution in [0.5, 0.6) is 5.75 Å². The van der Waals surface area contributed by atoms with Gasteiger partial charge in [-0.05, 0) is 36.8 Å². The van der Waals surface area contributed by atoms with Gasteiger partial charge in [0.25, 0.3) is 5.91 Å². The van der Waals surface area contributed by atoms with Crippen molar-refractivity contribution in [2.24, 2.45) is 0 Å². The van der Waals surface area contributed by atoms with Crippen molar-refractivity contribution in [3.8, 4) is 5.75 Å². The van der Waals surface area contributed by atoms with Crippen molar-refractivity contribution < 1.29 is 9.53 Å². The molecule has 4 rings (SSSR count). The van der Waals surface area contributed by atoms with Crippen LogP contribution in [0.4, 0.5) is 11.8 Å². The topological polar surface area (TPSA) is 80.2 Å². The Hall–Kier alpha value is -3.48. The molecule has 1 aromatic carbocycles. The maximum Gasteiger partial charge on any atom is 0.260 e. The first-order valence-electron chi connectivity index (χ1n) is 9.24. The summed E-state index contributed by atoms with van der Waals surface area (Å²) in [5.74, 6) is 2.09. The van der Waals surface area contributed by atoms with E-state index < -0.39 is 0 Å². The van der Waals surface area contributed by atoms with Crippen LogP contribution in [-0.2, 0) is 4.79 Å². The highest BCUT2D eigenvalue weighted by molar-refractivity contribution is 5.78. The molecule has 0 bridgehead atoms. The summed E-state index contributed by atoms with van der Waals surface area (Å²) in [5.41, 5.74) is 0.924. The van der Waals surface area contributed by atoms with E-state index in [1.807, 2.05) is 59.5 Å². The Morgan fingerprint density at radius 2 is 1.93 bits per heavy atom. The summed E-state index contributed by atoms with van der Waals surface area (Å²) in [7, 11) is 0. The van der Waals surface area contributed by atoms with Crippen LogP contribution in [0.25, 0.3) is 0 Å². The predicted octanol–water partition coefficient (Wildman–Crippen LogP) is 3.01. The molecule has 1 saturated heterocycles. The number of hydrogen-bond donors (Lipinski definition) is 1. The van der Waals surface area contributed by atoms with Crippen LogP contribution >= 0.6 is 0 Å². The predicted molar refractivity (Wildman–Crippen MR) is 105 cm³/mol. The second-order valence-electron chi connectivity index (χ2n) is 6.57. The van der Waals surface area contributed by atoms with Gasteiger partial charge in [-0.3, -0.25) is 4.79 Å². The van der Waals surface area contributed by atoms with Gasteiger partial charge in [0.2, 0.25) is 5.95 Å². The van der Waals surface area contributed by atoms with Gasteiger partial charge < -0.3 is 15.0 Å². The smallest absolute Gasteiger partial charge is 0.260 e. The van der Waals surface area contributed by atoms with Crippen LogP contribution < -0.4 is 10.1 Å². The molecule has 1 fully saturated rings. The summed E-state index contributed by atoms with van der Waals surface area (Å²) in [5, 5.41) is 3.11. The lowest BCUT2D eigenvalue weighted by Gasteiger charge is -2.17. The third kappa shape index (κ3) is 4.43. The van der Waals surface area contributed by atoms with Crippen LogP contribution in [0.1, 0.15) is 18.0 Å². The number of rotatable bonds is 6.